The van der Waals surface area contributed by atoms with Crippen LogP contribution in [0.4, 0.5) is 0 Å². The number of carbonyl (C=O) groups is 1. The van der Waals surface area contributed by atoms with Crippen LogP contribution in [0.3, 0.4) is 0 Å². The molecule has 0 N–H and O–H groups in total. The minimum atomic E-state index is -0.316. The molecule has 4 rings (SSSR count). The van der Waals surface area contributed by atoms with Crippen molar-refractivity contribution in [1.82, 2.24) is 19.2 Å². The van der Waals surface area contributed by atoms with Crippen molar-refractivity contribution in [3.8, 4) is 0 Å². The lowest BCUT2D eigenvalue weighted by Crippen LogP contribution is -2.49. The van der Waals surface area contributed by atoms with E-state index in [0.29, 0.717) is 18.7 Å². The molecule has 0 radical (unpaired) electrons. The molecular formula is C22H22N4O2. The highest BCUT2D eigenvalue weighted by molar-refractivity contribution is 5.93. The largest absolute Gasteiger partial charge is 0.336 e. The van der Waals surface area contributed by atoms with Gasteiger partial charge in [-0.05, 0) is 17.7 Å². The number of fused-ring (bicyclic) bond motifs is 1. The fourth-order valence-electron chi connectivity index (χ4n) is 3.38. The van der Waals surface area contributed by atoms with Crippen LogP contribution in [0.5, 0.6) is 0 Å². The van der Waals surface area contributed by atoms with Crippen LogP contribution in [-0.4, -0.2) is 57.8 Å². The molecule has 142 valence electrons. The third-order valence-electron chi connectivity index (χ3n) is 4.98. The molecule has 3 aromatic rings. The number of nitrogens with zero attached hydrogens (tertiary/aromatic N) is 4. The molecule has 1 saturated heterocycles. The van der Waals surface area contributed by atoms with E-state index in [-0.39, 0.29) is 17.0 Å². The first-order valence-electron chi connectivity index (χ1n) is 9.42. The van der Waals surface area contributed by atoms with E-state index in [1.54, 1.807) is 23.2 Å². The van der Waals surface area contributed by atoms with E-state index < -0.39 is 0 Å². The molecule has 1 aliphatic rings. The summed E-state index contributed by atoms with van der Waals surface area (Å²) >= 11 is 0. The number of hydrogen-bond donors (Lipinski definition) is 0. The summed E-state index contributed by atoms with van der Waals surface area (Å²) in [5, 5.41) is 0. The summed E-state index contributed by atoms with van der Waals surface area (Å²) in [6.45, 7) is 3.63. The molecule has 1 aliphatic heterocycles. The van der Waals surface area contributed by atoms with Crippen molar-refractivity contribution in [3.63, 3.8) is 0 Å². The maximum atomic E-state index is 12.8. The van der Waals surface area contributed by atoms with Gasteiger partial charge in [-0.1, -0.05) is 48.6 Å². The highest BCUT2D eigenvalue weighted by Crippen LogP contribution is 2.08. The van der Waals surface area contributed by atoms with Gasteiger partial charge in [-0.15, -0.1) is 0 Å². The number of carbonyl (C=O) groups excluding carboxylic acids is 1. The van der Waals surface area contributed by atoms with Crippen molar-refractivity contribution in [2.24, 2.45) is 0 Å². The van der Waals surface area contributed by atoms with Gasteiger partial charge >= 0.3 is 0 Å². The highest BCUT2D eigenvalue weighted by atomic mass is 16.2. The topological polar surface area (TPSA) is 57.9 Å². The van der Waals surface area contributed by atoms with Crippen molar-refractivity contribution < 1.29 is 4.79 Å². The first-order valence-corrected chi connectivity index (χ1v) is 9.42. The summed E-state index contributed by atoms with van der Waals surface area (Å²) in [6, 6.07) is 15.5. The van der Waals surface area contributed by atoms with Crippen LogP contribution in [0.25, 0.3) is 11.7 Å². The predicted molar refractivity (Wildman–Crippen MR) is 109 cm³/mol. The summed E-state index contributed by atoms with van der Waals surface area (Å²) in [5.74, 6) is -0.241. The van der Waals surface area contributed by atoms with Gasteiger partial charge in [0.15, 0.2) is 0 Å². The Morgan fingerprint density at radius 3 is 2.54 bits per heavy atom. The second kappa shape index (κ2) is 8.19. The van der Waals surface area contributed by atoms with E-state index in [1.807, 2.05) is 24.3 Å². The predicted octanol–water partition coefficient (Wildman–Crippen LogP) is 2.17. The molecule has 3 heterocycles. The third-order valence-corrected chi connectivity index (χ3v) is 4.98. The number of pyridine rings is 1. The number of hydrogen-bond acceptors (Lipinski definition) is 4. The minimum Gasteiger partial charge on any atom is -0.336 e. The smallest absolute Gasteiger partial charge is 0.270 e. The summed E-state index contributed by atoms with van der Waals surface area (Å²) in [6.07, 6.45) is 7.29. The zero-order valence-electron chi connectivity index (χ0n) is 15.6. The normalized spacial score (nSPS) is 15.4. The monoisotopic (exact) mass is 374 g/mol. The third kappa shape index (κ3) is 3.87. The Morgan fingerprint density at radius 2 is 1.75 bits per heavy atom. The van der Waals surface area contributed by atoms with E-state index in [9.17, 15) is 9.59 Å². The van der Waals surface area contributed by atoms with Gasteiger partial charge in [-0.2, -0.15) is 0 Å². The maximum Gasteiger partial charge on any atom is 0.270 e. The second-order valence-electron chi connectivity index (χ2n) is 6.81. The van der Waals surface area contributed by atoms with Crippen LogP contribution in [0, 0.1) is 0 Å². The van der Waals surface area contributed by atoms with E-state index >= 15 is 0 Å². The molecule has 6 nitrogen and oxygen atoms in total. The van der Waals surface area contributed by atoms with Crippen LogP contribution in [-0.2, 0) is 0 Å². The molecule has 2 aromatic heterocycles. The molecule has 0 saturated carbocycles. The molecule has 0 bridgehead atoms. The molecule has 1 amide bonds. The van der Waals surface area contributed by atoms with Gasteiger partial charge in [-0.3, -0.25) is 18.9 Å². The number of aromatic nitrogens is 2. The van der Waals surface area contributed by atoms with E-state index in [4.69, 9.17) is 0 Å². The first-order chi connectivity index (χ1) is 13.7. The molecular weight excluding hydrogens is 352 g/mol. The SMILES string of the molecule is O=C(c1cnc2ccccn2c1=O)N1CCN(C/C=C/c2ccccc2)CC1. The maximum absolute atomic E-state index is 12.8. The zero-order chi connectivity index (χ0) is 19.3. The van der Waals surface area contributed by atoms with Gasteiger partial charge in [-0.25, -0.2) is 4.98 Å². The average Bonchev–Trinajstić information content (AvgIpc) is 2.75. The van der Waals surface area contributed by atoms with Crippen molar-refractivity contribution in [2.45, 2.75) is 0 Å². The van der Waals surface area contributed by atoms with Crippen LogP contribution in [0.2, 0.25) is 0 Å². The van der Waals surface area contributed by atoms with Crippen molar-refractivity contribution in [2.75, 3.05) is 32.7 Å². The Balaban J connectivity index is 1.37. The number of rotatable bonds is 4. The molecule has 6 heteroatoms. The van der Waals surface area contributed by atoms with Gasteiger partial charge < -0.3 is 4.90 Å². The number of benzene rings is 1. The number of amides is 1. The van der Waals surface area contributed by atoms with Gasteiger partial charge in [0.25, 0.3) is 11.5 Å². The fraction of sp³-hybridized carbons (Fsp3) is 0.227. The molecule has 0 aliphatic carbocycles. The minimum absolute atomic E-state index is 0.126. The highest BCUT2D eigenvalue weighted by Gasteiger charge is 2.24. The van der Waals surface area contributed by atoms with Crippen LogP contribution in [0.15, 0.2) is 71.8 Å². The quantitative estimate of drug-likeness (QED) is 0.702. The molecule has 0 spiro atoms. The lowest BCUT2D eigenvalue weighted by Gasteiger charge is -2.34. The molecule has 28 heavy (non-hydrogen) atoms. The van der Waals surface area contributed by atoms with E-state index in [0.717, 1.165) is 19.6 Å². The molecule has 1 fully saturated rings. The summed E-state index contributed by atoms with van der Waals surface area (Å²) < 4.78 is 1.41. The Labute approximate surface area is 163 Å². The van der Waals surface area contributed by atoms with E-state index in [2.05, 4.69) is 34.2 Å². The van der Waals surface area contributed by atoms with Gasteiger partial charge in [0.1, 0.15) is 11.2 Å². The lowest BCUT2D eigenvalue weighted by atomic mass is 10.2. The average molecular weight is 374 g/mol. The second-order valence-corrected chi connectivity index (χ2v) is 6.81. The van der Waals surface area contributed by atoms with Crippen LogP contribution >= 0.6 is 0 Å². The summed E-state index contributed by atoms with van der Waals surface area (Å²) in [5.41, 5.74) is 1.53. The molecule has 0 atom stereocenters. The molecule has 1 aromatic carbocycles. The lowest BCUT2D eigenvalue weighted by molar-refractivity contribution is 0.0648. The summed E-state index contributed by atoms with van der Waals surface area (Å²) in [7, 11) is 0. The Bertz CT molecular complexity index is 1050. The number of piperazine rings is 1. The van der Waals surface area contributed by atoms with Crippen molar-refractivity contribution in [1.29, 1.82) is 0 Å². The van der Waals surface area contributed by atoms with Gasteiger partial charge in [0, 0.05) is 45.1 Å². The standard InChI is InChI=1S/C22H22N4O2/c27-21(19-17-23-20-10-4-5-12-26(20)22(19)28)25-15-13-24(14-16-25)11-6-9-18-7-2-1-3-8-18/h1-10,12,17H,11,13-16H2/b9-6+. The van der Waals surface area contributed by atoms with Gasteiger partial charge in [0.2, 0.25) is 0 Å². The molecule has 0 unspecified atom stereocenters. The Morgan fingerprint density at radius 1 is 1.00 bits per heavy atom. The van der Waals surface area contributed by atoms with Gasteiger partial charge in [0.05, 0.1) is 0 Å². The summed E-state index contributed by atoms with van der Waals surface area (Å²) in [4.78, 5) is 33.7. The zero-order valence-corrected chi connectivity index (χ0v) is 15.6. The Hall–Kier alpha value is -3.25. The van der Waals surface area contributed by atoms with Crippen LogP contribution < -0.4 is 5.56 Å². The van der Waals surface area contributed by atoms with Crippen molar-refractivity contribution in [3.05, 3.63) is 88.5 Å². The fourth-order valence-corrected chi connectivity index (χ4v) is 3.38. The van der Waals surface area contributed by atoms with Crippen LogP contribution in [0.1, 0.15) is 15.9 Å². The Kier molecular flexibility index (Phi) is 5.30. The first kappa shape index (κ1) is 18.1. The van der Waals surface area contributed by atoms with Crippen molar-refractivity contribution >= 4 is 17.6 Å². The van der Waals surface area contributed by atoms with E-state index in [1.165, 1.54) is 16.2 Å².